The lowest BCUT2D eigenvalue weighted by Gasteiger charge is -2.31. The van der Waals surface area contributed by atoms with Gasteiger partial charge in [0.1, 0.15) is 5.82 Å². The molecular formula is C10H14FN3. The van der Waals surface area contributed by atoms with Crippen LogP contribution in [0.5, 0.6) is 0 Å². The van der Waals surface area contributed by atoms with Crippen molar-refractivity contribution in [2.75, 3.05) is 18.0 Å². The van der Waals surface area contributed by atoms with Gasteiger partial charge < -0.3 is 10.6 Å². The molecular weight excluding hydrogens is 181 g/mol. The Morgan fingerprint density at radius 2 is 2.07 bits per heavy atom. The van der Waals surface area contributed by atoms with Crippen LogP contribution in [0.3, 0.4) is 0 Å². The highest BCUT2D eigenvalue weighted by Gasteiger charge is 2.16. The van der Waals surface area contributed by atoms with Gasteiger partial charge in [0.25, 0.3) is 0 Å². The molecule has 3 nitrogen and oxygen atoms in total. The molecule has 1 aliphatic rings. The standard InChI is InChI=1S/C10H14FN3/c11-8-5-10(7-13-6-8)14-3-1-9(12)2-4-14/h5-7,9H,1-4,12H2. The van der Waals surface area contributed by atoms with Gasteiger partial charge in [-0.3, -0.25) is 4.98 Å². The number of piperidine rings is 1. The van der Waals surface area contributed by atoms with E-state index in [2.05, 4.69) is 9.88 Å². The topological polar surface area (TPSA) is 42.1 Å². The molecule has 0 radical (unpaired) electrons. The van der Waals surface area contributed by atoms with Crippen LogP contribution in [0.2, 0.25) is 0 Å². The average molecular weight is 195 g/mol. The fourth-order valence-corrected chi connectivity index (χ4v) is 1.73. The van der Waals surface area contributed by atoms with Crippen LogP contribution in [0.25, 0.3) is 0 Å². The van der Waals surface area contributed by atoms with Crippen molar-refractivity contribution in [3.8, 4) is 0 Å². The van der Waals surface area contributed by atoms with Gasteiger partial charge in [0.05, 0.1) is 18.1 Å². The summed E-state index contributed by atoms with van der Waals surface area (Å²) in [4.78, 5) is 5.95. The van der Waals surface area contributed by atoms with Crippen LogP contribution in [-0.2, 0) is 0 Å². The number of hydrogen-bond donors (Lipinski definition) is 1. The highest BCUT2D eigenvalue weighted by molar-refractivity contribution is 5.44. The minimum absolute atomic E-state index is 0.280. The zero-order valence-corrected chi connectivity index (χ0v) is 7.99. The summed E-state index contributed by atoms with van der Waals surface area (Å²) in [6.07, 6.45) is 4.85. The molecule has 0 bridgehead atoms. The van der Waals surface area contributed by atoms with Gasteiger partial charge in [0.15, 0.2) is 0 Å². The van der Waals surface area contributed by atoms with Crippen molar-refractivity contribution in [2.24, 2.45) is 5.73 Å². The van der Waals surface area contributed by atoms with Gasteiger partial charge in [0, 0.05) is 25.2 Å². The smallest absolute Gasteiger partial charge is 0.143 e. The van der Waals surface area contributed by atoms with Crippen LogP contribution in [0.4, 0.5) is 10.1 Å². The Labute approximate surface area is 82.7 Å². The van der Waals surface area contributed by atoms with Crippen LogP contribution in [-0.4, -0.2) is 24.1 Å². The summed E-state index contributed by atoms with van der Waals surface area (Å²) in [6, 6.07) is 1.82. The molecule has 0 aliphatic carbocycles. The molecule has 2 heterocycles. The molecule has 1 saturated heterocycles. The zero-order chi connectivity index (χ0) is 9.97. The molecule has 1 fully saturated rings. The highest BCUT2D eigenvalue weighted by Crippen LogP contribution is 2.18. The van der Waals surface area contributed by atoms with Gasteiger partial charge in [-0.25, -0.2) is 4.39 Å². The van der Waals surface area contributed by atoms with Crippen molar-refractivity contribution in [3.63, 3.8) is 0 Å². The SMILES string of the molecule is NC1CCN(c2cncc(F)c2)CC1. The van der Waals surface area contributed by atoms with E-state index in [1.165, 1.54) is 12.3 Å². The van der Waals surface area contributed by atoms with E-state index in [4.69, 9.17) is 5.73 Å². The number of pyridine rings is 1. The predicted octanol–water partition coefficient (Wildman–Crippen LogP) is 1.15. The maximum Gasteiger partial charge on any atom is 0.143 e. The summed E-state index contributed by atoms with van der Waals surface area (Å²) in [7, 11) is 0. The maximum atomic E-state index is 12.9. The summed E-state index contributed by atoms with van der Waals surface area (Å²) < 4.78 is 12.9. The van der Waals surface area contributed by atoms with E-state index in [1.54, 1.807) is 6.20 Å². The normalized spacial score (nSPS) is 18.6. The number of halogens is 1. The molecule has 0 spiro atoms. The van der Waals surface area contributed by atoms with E-state index in [0.29, 0.717) is 6.04 Å². The van der Waals surface area contributed by atoms with Crippen molar-refractivity contribution in [3.05, 3.63) is 24.3 Å². The van der Waals surface area contributed by atoms with E-state index in [-0.39, 0.29) is 5.82 Å². The van der Waals surface area contributed by atoms with E-state index in [0.717, 1.165) is 31.6 Å². The zero-order valence-electron chi connectivity index (χ0n) is 7.99. The predicted molar refractivity (Wildman–Crippen MR) is 53.6 cm³/mol. The van der Waals surface area contributed by atoms with Gasteiger partial charge in [-0.1, -0.05) is 0 Å². The molecule has 0 saturated carbocycles. The number of anilines is 1. The van der Waals surface area contributed by atoms with Crippen LogP contribution in [0.1, 0.15) is 12.8 Å². The molecule has 2 rings (SSSR count). The molecule has 0 unspecified atom stereocenters. The van der Waals surface area contributed by atoms with E-state index in [1.807, 2.05) is 0 Å². The third kappa shape index (κ3) is 2.01. The molecule has 1 aliphatic heterocycles. The first-order chi connectivity index (χ1) is 6.75. The van der Waals surface area contributed by atoms with Crippen molar-refractivity contribution in [1.29, 1.82) is 0 Å². The van der Waals surface area contributed by atoms with Gasteiger partial charge in [-0.15, -0.1) is 0 Å². The Balaban J connectivity index is 2.08. The molecule has 14 heavy (non-hydrogen) atoms. The number of rotatable bonds is 1. The van der Waals surface area contributed by atoms with E-state index < -0.39 is 0 Å². The fourth-order valence-electron chi connectivity index (χ4n) is 1.73. The van der Waals surface area contributed by atoms with Crippen molar-refractivity contribution in [2.45, 2.75) is 18.9 Å². The molecule has 76 valence electrons. The molecule has 4 heteroatoms. The lowest BCUT2D eigenvalue weighted by molar-refractivity contribution is 0.500. The lowest BCUT2D eigenvalue weighted by Crippen LogP contribution is -2.39. The monoisotopic (exact) mass is 195 g/mol. The summed E-state index contributed by atoms with van der Waals surface area (Å²) >= 11 is 0. The Hall–Kier alpha value is -1.16. The molecule has 0 aromatic carbocycles. The third-order valence-corrected chi connectivity index (χ3v) is 2.60. The number of nitrogens with zero attached hydrogens (tertiary/aromatic N) is 2. The molecule has 0 atom stereocenters. The quantitative estimate of drug-likeness (QED) is 0.731. The van der Waals surface area contributed by atoms with E-state index >= 15 is 0 Å². The first-order valence-electron chi connectivity index (χ1n) is 4.87. The second-order valence-electron chi connectivity index (χ2n) is 3.69. The fraction of sp³-hybridized carbons (Fsp3) is 0.500. The van der Waals surface area contributed by atoms with Crippen LogP contribution >= 0.6 is 0 Å². The number of aromatic nitrogens is 1. The second kappa shape index (κ2) is 3.92. The Kier molecular flexibility index (Phi) is 2.63. The Morgan fingerprint density at radius 3 is 2.71 bits per heavy atom. The molecule has 1 aromatic heterocycles. The Bertz CT molecular complexity index is 308. The summed E-state index contributed by atoms with van der Waals surface area (Å²) in [5.74, 6) is -0.280. The van der Waals surface area contributed by atoms with Crippen molar-refractivity contribution in [1.82, 2.24) is 4.98 Å². The number of hydrogen-bond acceptors (Lipinski definition) is 3. The Morgan fingerprint density at radius 1 is 1.36 bits per heavy atom. The van der Waals surface area contributed by atoms with Crippen LogP contribution in [0.15, 0.2) is 18.5 Å². The first-order valence-corrected chi connectivity index (χ1v) is 4.87. The molecule has 1 aromatic rings. The van der Waals surface area contributed by atoms with Gasteiger partial charge >= 0.3 is 0 Å². The molecule has 0 amide bonds. The maximum absolute atomic E-state index is 12.9. The van der Waals surface area contributed by atoms with Crippen molar-refractivity contribution < 1.29 is 4.39 Å². The largest absolute Gasteiger partial charge is 0.370 e. The summed E-state index contributed by atoms with van der Waals surface area (Å²) in [5, 5.41) is 0. The molecule has 2 N–H and O–H groups in total. The summed E-state index contributed by atoms with van der Waals surface area (Å²) in [6.45, 7) is 1.79. The van der Waals surface area contributed by atoms with Crippen molar-refractivity contribution >= 4 is 5.69 Å². The average Bonchev–Trinajstić information content (AvgIpc) is 2.19. The van der Waals surface area contributed by atoms with Crippen LogP contribution < -0.4 is 10.6 Å². The minimum atomic E-state index is -0.280. The minimum Gasteiger partial charge on any atom is -0.370 e. The number of nitrogens with two attached hydrogens (primary N) is 1. The highest BCUT2D eigenvalue weighted by atomic mass is 19.1. The third-order valence-electron chi connectivity index (χ3n) is 2.60. The summed E-state index contributed by atoms with van der Waals surface area (Å²) in [5.41, 5.74) is 6.65. The van der Waals surface area contributed by atoms with Gasteiger partial charge in [-0.2, -0.15) is 0 Å². The van der Waals surface area contributed by atoms with Gasteiger partial charge in [-0.05, 0) is 12.8 Å². The van der Waals surface area contributed by atoms with E-state index in [9.17, 15) is 4.39 Å². The lowest BCUT2D eigenvalue weighted by atomic mass is 10.1. The second-order valence-corrected chi connectivity index (χ2v) is 3.69. The van der Waals surface area contributed by atoms with Crippen LogP contribution in [0, 0.1) is 5.82 Å². The first kappa shape index (κ1) is 9.40. The van der Waals surface area contributed by atoms with Gasteiger partial charge in [0.2, 0.25) is 0 Å².